The molecule has 0 aliphatic rings. The quantitative estimate of drug-likeness (QED) is 0.0220. The van der Waals surface area contributed by atoms with E-state index in [1.54, 1.807) is 74.9 Å². The van der Waals surface area contributed by atoms with Gasteiger partial charge in [-0.25, -0.2) is 9.59 Å². The predicted molar refractivity (Wildman–Crippen MR) is 348 cm³/mol. The lowest BCUT2D eigenvalue weighted by atomic mass is 9.78. The van der Waals surface area contributed by atoms with E-state index in [-0.39, 0.29) is 22.6 Å². The topological polar surface area (TPSA) is 144 Å². The van der Waals surface area contributed by atoms with Crippen LogP contribution in [0.3, 0.4) is 0 Å². The van der Waals surface area contributed by atoms with Crippen LogP contribution in [0.4, 0.5) is 11.4 Å². The average molecular weight is 1150 g/mol. The molecule has 8 aromatic rings. The number of esters is 2. The van der Waals surface area contributed by atoms with Gasteiger partial charge in [0.2, 0.25) is 0 Å². The number of rotatable bonds is 26. The van der Waals surface area contributed by atoms with Gasteiger partial charge in [0.1, 0.15) is 57.8 Å². The number of hydrogen-bond acceptors (Lipinski definition) is 12. The van der Waals surface area contributed by atoms with E-state index in [2.05, 4.69) is 84.6 Å². The normalized spacial score (nSPS) is 11.2. The zero-order valence-electron chi connectivity index (χ0n) is 49.8. The molecule has 12 heteroatoms. The summed E-state index contributed by atoms with van der Waals surface area (Å²) in [5.74, 6) is 0.575. The van der Waals surface area contributed by atoms with E-state index in [1.807, 2.05) is 111 Å². The number of carbonyl (C=O) groups is 2. The van der Waals surface area contributed by atoms with Gasteiger partial charge >= 0.3 is 11.9 Å². The van der Waals surface area contributed by atoms with Crippen molar-refractivity contribution in [2.75, 3.05) is 38.2 Å². The molecule has 87 heavy (non-hydrogen) atoms. The van der Waals surface area contributed by atoms with Gasteiger partial charge in [0.15, 0.2) is 0 Å². The molecule has 0 aliphatic heterocycles. The first kappa shape index (κ1) is 62.0. The second-order valence-corrected chi connectivity index (χ2v) is 20.8. The number of nitrogens with zero attached hydrogens (tertiary/aromatic N) is 4. The van der Waals surface area contributed by atoms with Crippen molar-refractivity contribution >= 4 is 59.8 Å². The van der Waals surface area contributed by atoms with Gasteiger partial charge in [0.25, 0.3) is 0 Å². The highest BCUT2D eigenvalue weighted by atomic mass is 16.5. The number of nitriles is 2. The van der Waals surface area contributed by atoms with Gasteiger partial charge < -0.3 is 38.2 Å². The van der Waals surface area contributed by atoms with Crippen molar-refractivity contribution in [1.29, 1.82) is 10.5 Å². The Morgan fingerprint density at radius 2 is 0.701 bits per heavy atom. The second kappa shape index (κ2) is 28.9. The van der Waals surface area contributed by atoms with Gasteiger partial charge in [-0.15, -0.1) is 0 Å². The Morgan fingerprint density at radius 1 is 0.425 bits per heavy atom. The molecule has 436 valence electrons. The third-order valence-corrected chi connectivity index (χ3v) is 15.0. The van der Waals surface area contributed by atoms with Crippen LogP contribution in [0.5, 0.6) is 34.5 Å². The smallest absolute Gasteiger partial charge is 0.354 e. The maximum absolute atomic E-state index is 13.7. The van der Waals surface area contributed by atoms with Gasteiger partial charge in [-0.2, -0.15) is 10.5 Å². The molecule has 0 atom stereocenters. The Balaban J connectivity index is 0.953. The van der Waals surface area contributed by atoms with Crippen molar-refractivity contribution in [3.8, 4) is 46.6 Å². The summed E-state index contributed by atoms with van der Waals surface area (Å²) in [5.41, 5.74) is 11.3. The number of ether oxygens (including phenoxy) is 6. The molecular weight excluding hydrogens is 1080 g/mol. The van der Waals surface area contributed by atoms with Gasteiger partial charge in [-0.05, 0) is 104 Å². The van der Waals surface area contributed by atoms with E-state index < -0.39 is 17.4 Å². The summed E-state index contributed by atoms with van der Waals surface area (Å²) < 4.78 is 35.2. The van der Waals surface area contributed by atoms with Crippen LogP contribution in [0, 0.1) is 22.7 Å². The van der Waals surface area contributed by atoms with Crippen molar-refractivity contribution in [1.82, 2.24) is 0 Å². The third kappa shape index (κ3) is 15.4. The van der Waals surface area contributed by atoms with Crippen molar-refractivity contribution in [2.24, 2.45) is 0 Å². The second-order valence-electron chi connectivity index (χ2n) is 20.8. The summed E-state index contributed by atoms with van der Waals surface area (Å²) in [6, 6.07) is 57.8. The molecule has 0 heterocycles. The number of carbonyl (C=O) groups excluding carboxylic acids is 2. The molecule has 8 aromatic carbocycles. The SMILES string of the molecule is C=Cc1ccc(CN(Cc2ccc(C=C)cc2)c2cc(OC)c(C=C(C#N)C(=O)Oc3ccc(C(C)(C)c4ccc(OC(=O)C(C#N)=Cc5cc(OC)c(N(Cc6ccc(C=C)cc6)Cc6ccc(C=C)cc6)cc5OC)cc4)cc3)cc2OC)cc1. The minimum atomic E-state index is -0.856. The number of hydrogen-bond donors (Lipinski definition) is 0. The monoisotopic (exact) mass is 1150 g/mol. The van der Waals surface area contributed by atoms with E-state index in [1.165, 1.54) is 26.4 Å². The maximum atomic E-state index is 13.7. The van der Waals surface area contributed by atoms with Crippen LogP contribution in [-0.2, 0) is 41.2 Å². The van der Waals surface area contributed by atoms with Gasteiger partial charge in [-0.1, -0.05) is 186 Å². The average Bonchev–Trinajstić information content (AvgIpc) is 3.31. The largest absolute Gasteiger partial charge is 0.496 e. The van der Waals surface area contributed by atoms with E-state index >= 15 is 0 Å². The fourth-order valence-electron chi connectivity index (χ4n) is 9.86. The Kier molecular flexibility index (Phi) is 20.6. The lowest BCUT2D eigenvalue weighted by molar-refractivity contribution is -0.130. The van der Waals surface area contributed by atoms with E-state index in [4.69, 9.17) is 28.4 Å². The molecule has 0 aliphatic carbocycles. The standard InChI is InChI=1S/C75H68N4O8/c1-11-51-15-23-55(24-16-51)47-78(48-56-25-17-52(12-2)18-26-56)67-43-69(82-7)59(41-71(67)84-9)39-61(45-76)73(80)86-65-35-31-63(32-36-65)75(5,6)64-33-37-66(38-34-64)87-74(81)62(46-77)40-60-42-72(85-10)68(44-70(60)83-8)79(49-57-27-19-53(13-3)20-28-57)50-58-29-21-54(14-4)22-30-58/h11-44H,1-4,47-50H2,5-10H3. The fraction of sp³-hybridized carbons (Fsp3) is 0.147. The van der Waals surface area contributed by atoms with E-state index in [9.17, 15) is 20.1 Å². The van der Waals surface area contributed by atoms with Gasteiger partial charge in [0, 0.05) is 54.9 Å². The zero-order valence-corrected chi connectivity index (χ0v) is 49.8. The highest BCUT2D eigenvalue weighted by Gasteiger charge is 2.26. The van der Waals surface area contributed by atoms with Gasteiger partial charge in [-0.3, -0.25) is 0 Å². The minimum absolute atomic E-state index is 0.229. The first-order chi connectivity index (χ1) is 42.1. The molecule has 0 N–H and O–H groups in total. The predicted octanol–water partition coefficient (Wildman–Crippen LogP) is 16.1. The Morgan fingerprint density at radius 3 is 0.943 bits per heavy atom. The molecule has 0 saturated carbocycles. The van der Waals surface area contributed by atoms with E-state index in [0.29, 0.717) is 60.3 Å². The van der Waals surface area contributed by atoms with Crippen molar-refractivity contribution in [3.63, 3.8) is 0 Å². The third-order valence-electron chi connectivity index (χ3n) is 15.0. The number of methoxy groups -OCH3 is 4. The van der Waals surface area contributed by atoms with Crippen molar-refractivity contribution in [3.05, 3.63) is 274 Å². The Bertz CT molecular complexity index is 3580. The molecule has 0 spiro atoms. The zero-order chi connectivity index (χ0) is 62.0. The molecule has 0 amide bonds. The van der Waals surface area contributed by atoms with Crippen LogP contribution >= 0.6 is 0 Å². The summed E-state index contributed by atoms with van der Waals surface area (Å²) in [7, 11) is 6.20. The van der Waals surface area contributed by atoms with Crippen LogP contribution in [0.15, 0.2) is 207 Å². The maximum Gasteiger partial charge on any atom is 0.354 e. The summed E-state index contributed by atoms with van der Waals surface area (Å²) in [6.07, 6.45) is 10.1. The Hall–Kier alpha value is -11.1. The van der Waals surface area contributed by atoms with Crippen molar-refractivity contribution in [2.45, 2.75) is 45.4 Å². The summed E-state index contributed by atoms with van der Waals surface area (Å²) in [6.45, 7) is 21.7. The lowest BCUT2D eigenvalue weighted by Crippen LogP contribution is -2.23. The van der Waals surface area contributed by atoms with Crippen LogP contribution in [-0.4, -0.2) is 40.4 Å². The number of anilines is 2. The number of benzene rings is 8. The molecule has 0 unspecified atom stereocenters. The molecule has 8 rings (SSSR count). The van der Waals surface area contributed by atoms with Crippen molar-refractivity contribution < 1.29 is 38.0 Å². The van der Waals surface area contributed by atoms with Crippen LogP contribution in [0.25, 0.3) is 36.5 Å². The fourth-order valence-corrected chi connectivity index (χ4v) is 9.86. The van der Waals surface area contributed by atoms with Crippen LogP contribution in [0.2, 0.25) is 0 Å². The molecule has 0 aromatic heterocycles. The molecule has 0 fully saturated rings. The lowest BCUT2D eigenvalue weighted by Gasteiger charge is -2.28. The first-order valence-corrected chi connectivity index (χ1v) is 27.9. The molecular formula is C75H68N4O8. The summed E-state index contributed by atoms with van der Waals surface area (Å²) in [5, 5.41) is 20.6. The first-order valence-electron chi connectivity index (χ1n) is 27.9. The summed E-state index contributed by atoms with van der Waals surface area (Å²) in [4.78, 5) is 31.7. The molecule has 0 radical (unpaired) electrons. The minimum Gasteiger partial charge on any atom is -0.496 e. The summed E-state index contributed by atoms with van der Waals surface area (Å²) >= 11 is 0. The highest BCUT2D eigenvalue weighted by Crippen LogP contribution is 2.41. The van der Waals surface area contributed by atoms with Crippen LogP contribution < -0.4 is 38.2 Å². The van der Waals surface area contributed by atoms with Crippen LogP contribution in [0.1, 0.15) is 80.6 Å². The Labute approximate surface area is 510 Å². The molecule has 12 nitrogen and oxygen atoms in total. The highest BCUT2D eigenvalue weighted by molar-refractivity contribution is 6.00. The van der Waals surface area contributed by atoms with Gasteiger partial charge in [0.05, 0.1) is 39.8 Å². The molecule has 0 saturated heterocycles. The molecule has 0 bridgehead atoms. The van der Waals surface area contributed by atoms with E-state index in [0.717, 1.165) is 67.0 Å².